The van der Waals surface area contributed by atoms with Crippen LogP contribution >= 0.6 is 11.6 Å². The molecule has 2 aromatic rings. The predicted molar refractivity (Wildman–Crippen MR) is 107 cm³/mol. The maximum atomic E-state index is 13.1. The molecule has 0 saturated heterocycles. The normalized spacial score (nSPS) is 15.9. The Morgan fingerprint density at radius 3 is 2.19 bits per heavy atom. The molecule has 0 aliphatic heterocycles. The number of ketones is 1. The Hall–Kier alpha value is -2.39. The maximum Gasteiger partial charge on any atom is 0.337 e. The summed E-state index contributed by atoms with van der Waals surface area (Å²) in [6, 6.07) is 8.59. The van der Waals surface area contributed by atoms with E-state index in [0.29, 0.717) is 22.6 Å². The van der Waals surface area contributed by atoms with E-state index in [1.54, 1.807) is 6.07 Å². The van der Waals surface area contributed by atoms with E-state index in [1.165, 1.54) is 54.5 Å². The Balaban J connectivity index is 1.68. The highest BCUT2D eigenvalue weighted by Crippen LogP contribution is 2.42. The van der Waals surface area contributed by atoms with Gasteiger partial charge in [-0.15, -0.1) is 0 Å². The molecule has 0 aromatic heterocycles. The van der Waals surface area contributed by atoms with Crippen molar-refractivity contribution in [1.82, 2.24) is 0 Å². The molecule has 4 heteroatoms. The fourth-order valence-corrected chi connectivity index (χ4v) is 4.80. The summed E-state index contributed by atoms with van der Waals surface area (Å²) < 4.78 is 0. The van der Waals surface area contributed by atoms with Gasteiger partial charge in [0.05, 0.1) is 10.6 Å². The molecular weight excluding hydrogens is 360 g/mol. The topological polar surface area (TPSA) is 54.4 Å². The lowest BCUT2D eigenvalue weighted by molar-refractivity contribution is 0.0697. The van der Waals surface area contributed by atoms with Crippen LogP contribution in [-0.4, -0.2) is 16.9 Å². The fourth-order valence-electron chi connectivity index (χ4n) is 4.54. The third-order valence-corrected chi connectivity index (χ3v) is 6.15. The van der Waals surface area contributed by atoms with Crippen molar-refractivity contribution in [2.24, 2.45) is 0 Å². The van der Waals surface area contributed by atoms with Crippen molar-refractivity contribution in [3.8, 4) is 0 Å². The smallest absolute Gasteiger partial charge is 0.337 e. The number of hydrogen-bond donors (Lipinski definition) is 1. The minimum atomic E-state index is -1.09. The minimum Gasteiger partial charge on any atom is -0.478 e. The van der Waals surface area contributed by atoms with E-state index in [1.807, 2.05) is 12.1 Å². The number of carboxylic acids is 1. The molecule has 0 unspecified atom stereocenters. The van der Waals surface area contributed by atoms with E-state index in [0.717, 1.165) is 12.8 Å². The van der Waals surface area contributed by atoms with Gasteiger partial charge in [-0.05, 0) is 91.0 Å². The van der Waals surface area contributed by atoms with Crippen LogP contribution in [0.5, 0.6) is 0 Å². The molecule has 0 fully saturated rings. The summed E-state index contributed by atoms with van der Waals surface area (Å²) in [4.78, 5) is 24.2. The predicted octanol–water partition coefficient (Wildman–Crippen LogP) is 5.69. The second-order valence-electron chi connectivity index (χ2n) is 7.50. The van der Waals surface area contributed by atoms with Crippen molar-refractivity contribution in [2.75, 3.05) is 0 Å². The number of allylic oxidation sites excluding steroid dienone is 1. The van der Waals surface area contributed by atoms with Gasteiger partial charge in [-0.25, -0.2) is 4.79 Å². The molecule has 2 aliphatic carbocycles. The second-order valence-corrected chi connectivity index (χ2v) is 7.90. The van der Waals surface area contributed by atoms with Crippen LogP contribution in [0.25, 0.3) is 5.57 Å². The maximum absolute atomic E-state index is 13.1. The summed E-state index contributed by atoms with van der Waals surface area (Å²) in [7, 11) is 0. The lowest BCUT2D eigenvalue weighted by Crippen LogP contribution is -2.18. The van der Waals surface area contributed by atoms with E-state index in [2.05, 4.69) is 6.58 Å². The van der Waals surface area contributed by atoms with Gasteiger partial charge in [0.2, 0.25) is 0 Å². The highest BCUT2D eigenvalue weighted by Gasteiger charge is 2.28. The van der Waals surface area contributed by atoms with Crippen LogP contribution in [0.2, 0.25) is 5.02 Å². The standard InChI is InChI=1S/C23H21ClO3/c1-13(15-8-9-19(23(26)27)20(24)12-15)22(25)18-10-16-6-2-4-14-5-3-7-17(11-18)21(14)16/h8-12,14H,1-7H2,(H,26,27). The van der Waals surface area contributed by atoms with Crippen LogP contribution in [0.15, 0.2) is 36.9 Å². The number of carbonyl (C=O) groups is 2. The average molecular weight is 381 g/mol. The molecule has 0 amide bonds. The number of carboxylic acid groups (broad SMARTS) is 1. The van der Waals surface area contributed by atoms with Crippen molar-refractivity contribution >= 4 is 28.9 Å². The number of Topliss-reactive ketones (excluding diaryl/α,β-unsaturated/α-hetero) is 1. The van der Waals surface area contributed by atoms with Gasteiger partial charge in [0, 0.05) is 11.1 Å². The molecule has 4 rings (SSSR count). The van der Waals surface area contributed by atoms with Crippen LogP contribution < -0.4 is 0 Å². The number of benzene rings is 2. The molecule has 0 saturated carbocycles. The van der Waals surface area contributed by atoms with Gasteiger partial charge in [0.15, 0.2) is 5.78 Å². The van der Waals surface area contributed by atoms with Crippen LogP contribution in [0.4, 0.5) is 0 Å². The van der Waals surface area contributed by atoms with E-state index in [4.69, 9.17) is 16.7 Å². The molecular formula is C23H21ClO3. The van der Waals surface area contributed by atoms with Crippen molar-refractivity contribution in [3.05, 3.63) is 75.3 Å². The summed E-state index contributed by atoms with van der Waals surface area (Å²) in [5, 5.41) is 9.21. The molecule has 0 spiro atoms. The number of rotatable bonds is 4. The Labute approximate surface area is 163 Å². The zero-order valence-corrected chi connectivity index (χ0v) is 15.8. The van der Waals surface area contributed by atoms with Crippen molar-refractivity contribution < 1.29 is 14.7 Å². The summed E-state index contributed by atoms with van der Waals surface area (Å²) in [6.45, 7) is 3.96. The van der Waals surface area contributed by atoms with E-state index < -0.39 is 5.97 Å². The van der Waals surface area contributed by atoms with Gasteiger partial charge in [-0.3, -0.25) is 4.79 Å². The lowest BCUT2D eigenvalue weighted by atomic mass is 9.72. The first kappa shape index (κ1) is 18.0. The molecule has 0 atom stereocenters. The Bertz CT molecular complexity index is 943. The van der Waals surface area contributed by atoms with Crippen molar-refractivity contribution in [3.63, 3.8) is 0 Å². The molecule has 3 nitrogen and oxygen atoms in total. The summed E-state index contributed by atoms with van der Waals surface area (Å²) >= 11 is 6.05. The molecule has 1 N–H and O–H groups in total. The molecule has 138 valence electrons. The molecule has 0 bridgehead atoms. The first-order chi connectivity index (χ1) is 13.0. The fraction of sp³-hybridized carbons (Fsp3) is 0.304. The van der Waals surface area contributed by atoms with Crippen molar-refractivity contribution in [1.29, 1.82) is 0 Å². The SMILES string of the molecule is C=C(C(=O)c1cc2c3c(c1)CCCC3CCC2)c1ccc(C(=O)O)c(Cl)c1. The largest absolute Gasteiger partial charge is 0.478 e. The van der Waals surface area contributed by atoms with Crippen LogP contribution in [0, 0.1) is 0 Å². The Morgan fingerprint density at radius 2 is 1.63 bits per heavy atom. The highest BCUT2D eigenvalue weighted by atomic mass is 35.5. The first-order valence-corrected chi connectivity index (χ1v) is 9.76. The number of carbonyl (C=O) groups excluding carboxylic acids is 1. The monoisotopic (exact) mass is 380 g/mol. The summed E-state index contributed by atoms with van der Waals surface area (Å²) in [5.41, 5.74) is 5.71. The van der Waals surface area contributed by atoms with Crippen LogP contribution in [0.1, 0.15) is 74.6 Å². The second kappa shape index (κ2) is 6.97. The average Bonchev–Trinajstić information content (AvgIpc) is 2.66. The molecule has 2 aromatic carbocycles. The van der Waals surface area contributed by atoms with Gasteiger partial charge >= 0.3 is 5.97 Å². The van der Waals surface area contributed by atoms with Gasteiger partial charge in [-0.2, -0.15) is 0 Å². The Kier molecular flexibility index (Phi) is 4.65. The minimum absolute atomic E-state index is 0.0184. The molecule has 0 heterocycles. The highest BCUT2D eigenvalue weighted by molar-refractivity contribution is 6.34. The van der Waals surface area contributed by atoms with Crippen molar-refractivity contribution in [2.45, 2.75) is 44.4 Å². The third kappa shape index (κ3) is 3.21. The number of halogens is 1. The molecule has 2 aliphatic rings. The van der Waals surface area contributed by atoms with Crippen LogP contribution in [-0.2, 0) is 12.8 Å². The van der Waals surface area contributed by atoms with E-state index >= 15 is 0 Å². The van der Waals surface area contributed by atoms with Crippen LogP contribution in [0.3, 0.4) is 0 Å². The van der Waals surface area contributed by atoms with Gasteiger partial charge in [-0.1, -0.05) is 24.2 Å². The van der Waals surface area contributed by atoms with Gasteiger partial charge in [0.1, 0.15) is 0 Å². The first-order valence-electron chi connectivity index (χ1n) is 9.38. The summed E-state index contributed by atoms with van der Waals surface area (Å²) in [5.74, 6) is -0.556. The number of aryl methyl sites for hydroxylation is 2. The number of aromatic carboxylic acids is 1. The lowest BCUT2D eigenvalue weighted by Gasteiger charge is -2.32. The third-order valence-electron chi connectivity index (χ3n) is 5.84. The zero-order chi connectivity index (χ0) is 19.1. The summed E-state index contributed by atoms with van der Waals surface area (Å²) in [6.07, 6.45) is 6.95. The van der Waals surface area contributed by atoms with E-state index in [9.17, 15) is 9.59 Å². The molecule has 27 heavy (non-hydrogen) atoms. The van der Waals surface area contributed by atoms with Gasteiger partial charge in [0.25, 0.3) is 0 Å². The van der Waals surface area contributed by atoms with Gasteiger partial charge < -0.3 is 5.11 Å². The molecule has 0 radical (unpaired) electrons. The zero-order valence-electron chi connectivity index (χ0n) is 15.1. The van der Waals surface area contributed by atoms with E-state index in [-0.39, 0.29) is 16.4 Å². The number of hydrogen-bond acceptors (Lipinski definition) is 2. The Morgan fingerprint density at radius 1 is 1.00 bits per heavy atom. The quantitative estimate of drug-likeness (QED) is 0.547.